The number of amides is 2. The first-order chi connectivity index (χ1) is 11.6. The van der Waals surface area contributed by atoms with Gasteiger partial charge >= 0.3 is 0 Å². The molecule has 1 aromatic rings. The highest BCUT2D eigenvalue weighted by atomic mass is 35.5. The molecular weight excluding hydrogens is 328 g/mol. The van der Waals surface area contributed by atoms with Gasteiger partial charge in [0.05, 0.1) is 10.7 Å². The Hall–Kier alpha value is -1.59. The zero-order valence-corrected chi connectivity index (χ0v) is 14.8. The van der Waals surface area contributed by atoms with E-state index in [4.69, 9.17) is 16.3 Å². The molecule has 1 aliphatic carbocycles. The Morgan fingerprint density at radius 1 is 1.12 bits per heavy atom. The second-order valence-electron chi connectivity index (χ2n) is 6.16. The van der Waals surface area contributed by atoms with E-state index >= 15 is 0 Å². The van der Waals surface area contributed by atoms with Crippen molar-refractivity contribution >= 4 is 29.1 Å². The molecule has 1 aliphatic rings. The van der Waals surface area contributed by atoms with Crippen LogP contribution in [0.25, 0.3) is 0 Å². The minimum Gasteiger partial charge on any atom is -0.385 e. The summed E-state index contributed by atoms with van der Waals surface area (Å²) < 4.78 is 4.96. The minimum atomic E-state index is -0.0567. The van der Waals surface area contributed by atoms with E-state index in [2.05, 4.69) is 10.6 Å². The molecule has 0 atom stereocenters. The molecular formula is C18H25ClN2O3. The second kappa shape index (κ2) is 9.64. The molecule has 1 saturated carbocycles. The quantitative estimate of drug-likeness (QED) is 0.740. The van der Waals surface area contributed by atoms with Crippen LogP contribution in [0.2, 0.25) is 5.02 Å². The molecule has 132 valence electrons. The summed E-state index contributed by atoms with van der Waals surface area (Å²) in [6.07, 6.45) is 3.77. The number of nitrogens with one attached hydrogen (secondary N) is 2. The molecule has 2 N–H and O–H groups in total. The van der Waals surface area contributed by atoms with Crippen molar-refractivity contribution in [1.82, 2.24) is 5.32 Å². The summed E-state index contributed by atoms with van der Waals surface area (Å²) in [5, 5.41) is 6.37. The number of anilines is 1. The predicted octanol–water partition coefficient (Wildman–Crippen LogP) is 3.24. The van der Waals surface area contributed by atoms with Crippen LogP contribution < -0.4 is 10.6 Å². The highest BCUT2D eigenvalue weighted by molar-refractivity contribution is 6.33. The normalized spacial score (nSPS) is 20.4. The number of rotatable bonds is 7. The van der Waals surface area contributed by atoms with E-state index in [0.29, 0.717) is 23.9 Å². The molecule has 0 radical (unpaired) electrons. The number of ether oxygens (including phenoxy) is 1. The summed E-state index contributed by atoms with van der Waals surface area (Å²) in [5.74, 6) is 0.0360. The van der Waals surface area contributed by atoms with Crippen molar-refractivity contribution in [1.29, 1.82) is 0 Å². The summed E-state index contributed by atoms with van der Waals surface area (Å²) in [4.78, 5) is 24.5. The van der Waals surface area contributed by atoms with Crippen LogP contribution in [-0.4, -0.2) is 32.1 Å². The topological polar surface area (TPSA) is 67.4 Å². The van der Waals surface area contributed by atoms with Crippen LogP contribution in [0, 0.1) is 11.8 Å². The molecule has 2 amide bonds. The highest BCUT2D eigenvalue weighted by Crippen LogP contribution is 2.30. The van der Waals surface area contributed by atoms with Gasteiger partial charge in [-0.15, -0.1) is 0 Å². The third kappa shape index (κ3) is 5.49. The SMILES string of the molecule is COCCCNC(=O)C1CCC(C(=O)Nc2ccccc2Cl)CC1. The molecule has 0 spiro atoms. The lowest BCUT2D eigenvalue weighted by Gasteiger charge is -2.27. The molecule has 0 unspecified atom stereocenters. The van der Waals surface area contributed by atoms with Gasteiger partial charge in [0, 0.05) is 32.1 Å². The smallest absolute Gasteiger partial charge is 0.227 e. The lowest BCUT2D eigenvalue weighted by Crippen LogP contribution is -2.36. The molecule has 2 rings (SSSR count). The number of carbonyl (C=O) groups excluding carboxylic acids is 2. The summed E-state index contributed by atoms with van der Waals surface area (Å²) in [6, 6.07) is 7.21. The largest absolute Gasteiger partial charge is 0.385 e. The molecule has 0 heterocycles. The fourth-order valence-corrected chi connectivity index (χ4v) is 3.17. The van der Waals surface area contributed by atoms with Crippen molar-refractivity contribution in [2.24, 2.45) is 11.8 Å². The maximum Gasteiger partial charge on any atom is 0.227 e. The Balaban J connectivity index is 1.75. The van der Waals surface area contributed by atoms with Gasteiger partial charge in [0.2, 0.25) is 11.8 Å². The van der Waals surface area contributed by atoms with E-state index in [1.165, 1.54) is 0 Å². The van der Waals surface area contributed by atoms with Gasteiger partial charge in [-0.05, 0) is 44.2 Å². The van der Waals surface area contributed by atoms with Crippen molar-refractivity contribution in [3.05, 3.63) is 29.3 Å². The van der Waals surface area contributed by atoms with Crippen LogP contribution in [0.3, 0.4) is 0 Å². The number of hydrogen-bond acceptors (Lipinski definition) is 3. The first-order valence-electron chi connectivity index (χ1n) is 8.44. The lowest BCUT2D eigenvalue weighted by molar-refractivity contribution is -0.128. The maximum absolute atomic E-state index is 12.4. The Kier molecular flexibility index (Phi) is 7.53. The number of halogens is 1. The van der Waals surface area contributed by atoms with Gasteiger partial charge in [0.15, 0.2) is 0 Å². The summed E-state index contributed by atoms with van der Waals surface area (Å²) in [7, 11) is 1.65. The fraction of sp³-hybridized carbons (Fsp3) is 0.556. The number of carbonyl (C=O) groups is 2. The van der Waals surface area contributed by atoms with Gasteiger partial charge < -0.3 is 15.4 Å². The molecule has 0 saturated heterocycles. The number of para-hydroxylation sites is 1. The Morgan fingerprint density at radius 3 is 2.38 bits per heavy atom. The number of benzene rings is 1. The second-order valence-corrected chi connectivity index (χ2v) is 6.56. The Bertz CT molecular complexity index is 557. The van der Waals surface area contributed by atoms with Gasteiger partial charge in [0.1, 0.15) is 0 Å². The molecule has 1 aromatic carbocycles. The van der Waals surface area contributed by atoms with Crippen molar-refractivity contribution in [3.8, 4) is 0 Å². The Labute approximate surface area is 148 Å². The minimum absolute atomic E-state index is 0.0110. The van der Waals surface area contributed by atoms with Crippen molar-refractivity contribution < 1.29 is 14.3 Å². The molecule has 5 nitrogen and oxygen atoms in total. The van der Waals surface area contributed by atoms with Gasteiger partial charge in [-0.25, -0.2) is 0 Å². The molecule has 24 heavy (non-hydrogen) atoms. The molecule has 1 fully saturated rings. The first-order valence-corrected chi connectivity index (χ1v) is 8.81. The fourth-order valence-electron chi connectivity index (χ4n) is 2.99. The van der Waals surface area contributed by atoms with Crippen LogP contribution in [0.5, 0.6) is 0 Å². The van der Waals surface area contributed by atoms with Crippen LogP contribution >= 0.6 is 11.6 Å². The zero-order chi connectivity index (χ0) is 17.4. The van der Waals surface area contributed by atoms with Crippen molar-refractivity contribution in [2.45, 2.75) is 32.1 Å². The Morgan fingerprint density at radius 2 is 1.75 bits per heavy atom. The van der Waals surface area contributed by atoms with E-state index in [1.807, 2.05) is 12.1 Å². The molecule has 0 aromatic heterocycles. The third-order valence-corrected chi connectivity index (χ3v) is 4.75. The highest BCUT2D eigenvalue weighted by Gasteiger charge is 2.29. The molecule has 6 heteroatoms. The van der Waals surface area contributed by atoms with Crippen LogP contribution in [0.4, 0.5) is 5.69 Å². The number of hydrogen-bond donors (Lipinski definition) is 2. The first kappa shape index (κ1) is 18.7. The van der Waals surface area contributed by atoms with E-state index < -0.39 is 0 Å². The van der Waals surface area contributed by atoms with Crippen LogP contribution in [0.1, 0.15) is 32.1 Å². The van der Waals surface area contributed by atoms with Gasteiger partial charge in [-0.3, -0.25) is 9.59 Å². The van der Waals surface area contributed by atoms with E-state index in [9.17, 15) is 9.59 Å². The zero-order valence-electron chi connectivity index (χ0n) is 14.0. The van der Waals surface area contributed by atoms with Crippen molar-refractivity contribution in [3.63, 3.8) is 0 Å². The molecule has 0 bridgehead atoms. The van der Waals surface area contributed by atoms with Crippen LogP contribution in [-0.2, 0) is 14.3 Å². The van der Waals surface area contributed by atoms with Gasteiger partial charge in [0.25, 0.3) is 0 Å². The van der Waals surface area contributed by atoms with Gasteiger partial charge in [-0.1, -0.05) is 23.7 Å². The average molecular weight is 353 g/mol. The predicted molar refractivity (Wildman–Crippen MR) is 95.0 cm³/mol. The van der Waals surface area contributed by atoms with Crippen molar-refractivity contribution in [2.75, 3.05) is 25.6 Å². The standard InChI is InChI=1S/C18H25ClN2O3/c1-24-12-4-11-20-17(22)13-7-9-14(10-8-13)18(23)21-16-6-3-2-5-15(16)19/h2-3,5-6,13-14H,4,7-12H2,1H3,(H,20,22)(H,21,23). The summed E-state index contributed by atoms with van der Waals surface area (Å²) in [5.41, 5.74) is 0.641. The van der Waals surface area contributed by atoms with E-state index in [0.717, 1.165) is 32.1 Å². The van der Waals surface area contributed by atoms with E-state index in [1.54, 1.807) is 19.2 Å². The summed E-state index contributed by atoms with van der Waals surface area (Å²) in [6.45, 7) is 1.29. The average Bonchev–Trinajstić information content (AvgIpc) is 2.60. The lowest BCUT2D eigenvalue weighted by atomic mass is 9.81. The number of methoxy groups -OCH3 is 1. The van der Waals surface area contributed by atoms with E-state index in [-0.39, 0.29) is 23.7 Å². The van der Waals surface area contributed by atoms with Gasteiger partial charge in [-0.2, -0.15) is 0 Å². The monoisotopic (exact) mass is 352 g/mol. The third-order valence-electron chi connectivity index (χ3n) is 4.42. The maximum atomic E-state index is 12.4. The van der Waals surface area contributed by atoms with Crippen LogP contribution in [0.15, 0.2) is 24.3 Å². The summed E-state index contributed by atoms with van der Waals surface area (Å²) >= 11 is 6.07. The molecule has 0 aliphatic heterocycles.